The van der Waals surface area contributed by atoms with Crippen LogP contribution in [0, 0.1) is 5.92 Å². The number of nitrogens with zero attached hydrogens (tertiary/aromatic N) is 1. The molecule has 4 nitrogen and oxygen atoms in total. The Morgan fingerprint density at radius 2 is 2.21 bits per heavy atom. The maximum Gasteiger partial charge on any atom is 0.188 e. The Labute approximate surface area is 86.9 Å². The van der Waals surface area contributed by atoms with Gasteiger partial charge in [-0.1, -0.05) is 13.8 Å². The molecule has 0 fully saturated rings. The third kappa shape index (κ3) is 9.32. The van der Waals surface area contributed by atoms with Gasteiger partial charge < -0.3 is 15.8 Å². The van der Waals surface area contributed by atoms with E-state index in [0.29, 0.717) is 11.9 Å². The summed E-state index contributed by atoms with van der Waals surface area (Å²) in [6.07, 6.45) is 0.964. The molecule has 0 radical (unpaired) electrons. The van der Waals surface area contributed by atoms with Crippen molar-refractivity contribution in [1.29, 1.82) is 0 Å². The van der Waals surface area contributed by atoms with Crippen molar-refractivity contribution in [3.8, 4) is 0 Å². The van der Waals surface area contributed by atoms with Gasteiger partial charge in [-0.25, -0.2) is 0 Å². The normalized spacial score (nSPS) is 12.1. The first-order valence-electron chi connectivity index (χ1n) is 5.28. The molecule has 0 aromatic rings. The van der Waals surface area contributed by atoms with Crippen molar-refractivity contribution in [1.82, 2.24) is 5.32 Å². The Kier molecular flexibility index (Phi) is 8.33. The molecule has 0 unspecified atom stereocenters. The summed E-state index contributed by atoms with van der Waals surface area (Å²) in [5.41, 5.74) is 5.63. The number of guanidine groups is 1. The molecule has 0 aromatic heterocycles. The molecule has 0 heterocycles. The summed E-state index contributed by atoms with van der Waals surface area (Å²) in [5.74, 6) is 1.09. The number of hydrogen-bond donors (Lipinski definition) is 2. The van der Waals surface area contributed by atoms with E-state index in [1.807, 2.05) is 6.92 Å². The standard InChI is InChI=1S/C10H23N3O/c1-4-14-7-5-6-12-10(11)13-8-9(2)3/h9H,4-8H2,1-3H3,(H3,11,12,13). The van der Waals surface area contributed by atoms with Crippen LogP contribution < -0.4 is 11.1 Å². The first-order chi connectivity index (χ1) is 6.66. The molecule has 0 rings (SSSR count). The van der Waals surface area contributed by atoms with Crippen molar-refractivity contribution in [2.75, 3.05) is 26.3 Å². The lowest BCUT2D eigenvalue weighted by Gasteiger charge is -2.06. The molecule has 14 heavy (non-hydrogen) atoms. The van der Waals surface area contributed by atoms with Crippen molar-refractivity contribution >= 4 is 5.96 Å². The van der Waals surface area contributed by atoms with Crippen LogP contribution in [0.4, 0.5) is 0 Å². The van der Waals surface area contributed by atoms with E-state index < -0.39 is 0 Å². The number of nitrogens with one attached hydrogen (secondary N) is 1. The summed E-state index contributed by atoms with van der Waals surface area (Å²) >= 11 is 0. The third-order valence-corrected chi connectivity index (χ3v) is 1.60. The van der Waals surface area contributed by atoms with Crippen molar-refractivity contribution < 1.29 is 4.74 Å². The lowest BCUT2D eigenvalue weighted by molar-refractivity contribution is 0.145. The van der Waals surface area contributed by atoms with Gasteiger partial charge in [-0.2, -0.15) is 0 Å². The summed E-state index contributed by atoms with van der Waals surface area (Å²) in [6.45, 7) is 9.39. The van der Waals surface area contributed by atoms with E-state index in [9.17, 15) is 0 Å². The molecule has 0 atom stereocenters. The van der Waals surface area contributed by atoms with Gasteiger partial charge in [0.15, 0.2) is 5.96 Å². The molecule has 0 amide bonds. The predicted octanol–water partition coefficient (Wildman–Crippen LogP) is 0.973. The van der Waals surface area contributed by atoms with Gasteiger partial charge in [-0.3, -0.25) is 4.99 Å². The highest BCUT2D eigenvalue weighted by Gasteiger charge is 1.93. The molecule has 4 heteroatoms. The molecule has 0 spiro atoms. The van der Waals surface area contributed by atoms with E-state index in [-0.39, 0.29) is 0 Å². The van der Waals surface area contributed by atoms with Crippen LogP contribution in [0.3, 0.4) is 0 Å². The van der Waals surface area contributed by atoms with Crippen LogP contribution >= 0.6 is 0 Å². The lowest BCUT2D eigenvalue weighted by atomic mass is 10.2. The number of rotatable bonds is 7. The van der Waals surface area contributed by atoms with Gasteiger partial charge in [0.1, 0.15) is 0 Å². The minimum Gasteiger partial charge on any atom is -0.382 e. The first-order valence-corrected chi connectivity index (χ1v) is 5.28. The fourth-order valence-corrected chi connectivity index (χ4v) is 0.872. The highest BCUT2D eigenvalue weighted by molar-refractivity contribution is 5.77. The second kappa shape index (κ2) is 8.81. The van der Waals surface area contributed by atoms with Gasteiger partial charge in [-0.15, -0.1) is 0 Å². The van der Waals surface area contributed by atoms with Crippen molar-refractivity contribution in [3.63, 3.8) is 0 Å². The Balaban J connectivity index is 3.34. The molecule has 0 saturated carbocycles. The van der Waals surface area contributed by atoms with Crippen LogP contribution in [0.25, 0.3) is 0 Å². The molecule has 0 aromatic carbocycles. The molecule has 0 saturated heterocycles. The smallest absolute Gasteiger partial charge is 0.188 e. The largest absolute Gasteiger partial charge is 0.382 e. The molecule has 0 bridgehead atoms. The molecular formula is C10H23N3O. The summed E-state index contributed by atoms with van der Waals surface area (Å²) in [4.78, 5) is 4.18. The van der Waals surface area contributed by atoms with Crippen molar-refractivity contribution in [2.24, 2.45) is 16.6 Å². The minimum atomic E-state index is 0.537. The average Bonchev–Trinajstić information content (AvgIpc) is 2.14. The molecule has 0 aliphatic rings. The van der Waals surface area contributed by atoms with Crippen molar-refractivity contribution in [3.05, 3.63) is 0 Å². The van der Waals surface area contributed by atoms with Gasteiger partial charge >= 0.3 is 0 Å². The highest BCUT2D eigenvalue weighted by Crippen LogP contribution is 1.90. The zero-order valence-electron chi connectivity index (χ0n) is 9.55. The lowest BCUT2D eigenvalue weighted by Crippen LogP contribution is -2.33. The van der Waals surface area contributed by atoms with E-state index in [0.717, 1.165) is 32.7 Å². The predicted molar refractivity (Wildman–Crippen MR) is 60.4 cm³/mol. The van der Waals surface area contributed by atoms with E-state index >= 15 is 0 Å². The topological polar surface area (TPSA) is 59.6 Å². The summed E-state index contributed by atoms with van der Waals surface area (Å²) in [7, 11) is 0. The first kappa shape index (κ1) is 13.2. The molecular weight excluding hydrogens is 178 g/mol. The molecule has 84 valence electrons. The van der Waals surface area contributed by atoms with E-state index in [4.69, 9.17) is 10.5 Å². The molecule has 0 aliphatic carbocycles. The number of hydrogen-bond acceptors (Lipinski definition) is 2. The fraction of sp³-hybridized carbons (Fsp3) is 0.900. The molecule has 3 N–H and O–H groups in total. The van der Waals surface area contributed by atoms with Gasteiger partial charge in [-0.05, 0) is 19.3 Å². The SMILES string of the molecule is CCOCCCNC(N)=NCC(C)C. The van der Waals surface area contributed by atoms with Gasteiger partial charge in [0.2, 0.25) is 0 Å². The second-order valence-electron chi connectivity index (χ2n) is 3.60. The maximum absolute atomic E-state index is 5.63. The fourth-order valence-electron chi connectivity index (χ4n) is 0.872. The van der Waals surface area contributed by atoms with Gasteiger partial charge in [0.25, 0.3) is 0 Å². The third-order valence-electron chi connectivity index (χ3n) is 1.60. The average molecular weight is 201 g/mol. The number of ether oxygens (including phenoxy) is 1. The monoisotopic (exact) mass is 201 g/mol. The Morgan fingerprint density at radius 1 is 1.50 bits per heavy atom. The zero-order chi connectivity index (χ0) is 10.8. The van der Waals surface area contributed by atoms with Gasteiger partial charge in [0, 0.05) is 26.3 Å². The van der Waals surface area contributed by atoms with E-state index in [2.05, 4.69) is 24.2 Å². The number of aliphatic imine (C=N–C) groups is 1. The van der Waals surface area contributed by atoms with E-state index in [1.54, 1.807) is 0 Å². The summed E-state index contributed by atoms with van der Waals surface area (Å²) in [5, 5.41) is 3.04. The van der Waals surface area contributed by atoms with Crippen LogP contribution in [0.5, 0.6) is 0 Å². The molecule has 0 aliphatic heterocycles. The Hall–Kier alpha value is -0.770. The second-order valence-corrected chi connectivity index (χ2v) is 3.60. The number of nitrogens with two attached hydrogens (primary N) is 1. The zero-order valence-corrected chi connectivity index (χ0v) is 9.55. The van der Waals surface area contributed by atoms with Crippen LogP contribution in [-0.4, -0.2) is 32.3 Å². The Morgan fingerprint density at radius 3 is 2.79 bits per heavy atom. The summed E-state index contributed by atoms with van der Waals surface area (Å²) < 4.78 is 5.19. The maximum atomic E-state index is 5.63. The van der Waals surface area contributed by atoms with Crippen LogP contribution in [0.1, 0.15) is 27.2 Å². The van der Waals surface area contributed by atoms with E-state index in [1.165, 1.54) is 0 Å². The summed E-state index contributed by atoms with van der Waals surface area (Å²) in [6, 6.07) is 0. The minimum absolute atomic E-state index is 0.537. The van der Waals surface area contributed by atoms with Crippen molar-refractivity contribution in [2.45, 2.75) is 27.2 Å². The van der Waals surface area contributed by atoms with Gasteiger partial charge in [0.05, 0.1) is 0 Å². The van der Waals surface area contributed by atoms with Crippen LogP contribution in [0.2, 0.25) is 0 Å². The Bertz CT molecular complexity index is 157. The highest BCUT2D eigenvalue weighted by atomic mass is 16.5. The quantitative estimate of drug-likeness (QED) is 0.366. The van der Waals surface area contributed by atoms with Crippen LogP contribution in [0.15, 0.2) is 4.99 Å². The van der Waals surface area contributed by atoms with Crippen LogP contribution in [-0.2, 0) is 4.74 Å².